The van der Waals surface area contributed by atoms with Gasteiger partial charge in [0, 0.05) is 35.8 Å². The summed E-state index contributed by atoms with van der Waals surface area (Å²) in [5.74, 6) is -0.570. The molecule has 9 heteroatoms. The Kier molecular flexibility index (Phi) is 7.76. The monoisotopic (exact) mass is 516 g/mol. The fraction of sp³-hybridized carbons (Fsp3) is 0.276. The second kappa shape index (κ2) is 11.5. The summed E-state index contributed by atoms with van der Waals surface area (Å²) in [4.78, 5) is 17.0. The number of pyridine rings is 1. The van der Waals surface area contributed by atoms with Crippen LogP contribution in [0.4, 0.5) is 4.39 Å². The Balaban J connectivity index is 1.33. The molecule has 1 saturated heterocycles. The summed E-state index contributed by atoms with van der Waals surface area (Å²) in [6, 6.07) is 16.7. The maximum atomic E-state index is 13.6. The molecule has 0 spiro atoms. The van der Waals surface area contributed by atoms with Crippen LogP contribution in [-0.2, 0) is 22.4 Å². The zero-order valence-corrected chi connectivity index (χ0v) is 21.0. The van der Waals surface area contributed by atoms with E-state index in [0.29, 0.717) is 32.7 Å². The number of para-hydroxylation sites is 1. The van der Waals surface area contributed by atoms with Gasteiger partial charge >= 0.3 is 0 Å². The first kappa shape index (κ1) is 25.6. The molecule has 1 fully saturated rings. The van der Waals surface area contributed by atoms with Crippen LogP contribution in [-0.4, -0.2) is 51.8 Å². The molecule has 5 rings (SSSR count). The Morgan fingerprint density at radius 2 is 1.89 bits per heavy atom. The molecule has 1 unspecified atom stereocenters. The van der Waals surface area contributed by atoms with Gasteiger partial charge in [-0.1, -0.05) is 19.1 Å². The van der Waals surface area contributed by atoms with Gasteiger partial charge in [0.2, 0.25) is 0 Å². The Bertz CT molecular complexity index is 1400. The fourth-order valence-corrected chi connectivity index (χ4v) is 4.43. The maximum absolute atomic E-state index is 13.6. The van der Waals surface area contributed by atoms with Gasteiger partial charge in [0.25, 0.3) is 5.91 Å². The lowest BCUT2D eigenvalue weighted by Gasteiger charge is -2.13. The normalized spacial score (nSPS) is 14.5. The molecule has 1 aliphatic rings. The minimum atomic E-state index is -0.356. The lowest BCUT2D eigenvalue weighted by molar-refractivity contribution is -0.0545. The summed E-state index contributed by atoms with van der Waals surface area (Å²) < 4.78 is 26.6. The molecule has 196 valence electrons. The van der Waals surface area contributed by atoms with Crippen LogP contribution < -0.4 is 5.32 Å². The number of ether oxygens (including phenoxy) is 2. The number of aromatic hydroxyl groups is 1. The van der Waals surface area contributed by atoms with E-state index < -0.39 is 0 Å². The van der Waals surface area contributed by atoms with E-state index in [1.807, 2.05) is 25.3 Å². The van der Waals surface area contributed by atoms with Crippen molar-refractivity contribution in [3.05, 3.63) is 90.1 Å². The highest BCUT2D eigenvalue weighted by atomic mass is 19.1. The number of hydrogen-bond acceptors (Lipinski definition) is 6. The number of carbonyl (C=O) groups excluding carboxylic acids is 1. The number of rotatable bonds is 9. The first-order chi connectivity index (χ1) is 18.5. The summed E-state index contributed by atoms with van der Waals surface area (Å²) in [6.07, 6.45) is 3.98. The number of nitrogens with zero attached hydrogens (tertiary/aromatic N) is 3. The maximum Gasteiger partial charge on any atom is 0.255 e. The van der Waals surface area contributed by atoms with Crippen molar-refractivity contribution in [1.82, 2.24) is 20.1 Å². The lowest BCUT2D eigenvalue weighted by Crippen LogP contribution is -2.29. The van der Waals surface area contributed by atoms with Crippen molar-refractivity contribution >= 4 is 5.91 Å². The van der Waals surface area contributed by atoms with Crippen LogP contribution in [0.1, 0.15) is 23.0 Å². The SMILES string of the molecule is CC(CNC(=O)c1ccccc1O)Cc1cc(-c2cn(CC3OCCO3)nc2-c2ccc(F)cc2)ccn1. The Morgan fingerprint density at radius 3 is 2.66 bits per heavy atom. The Labute approximate surface area is 220 Å². The molecule has 1 aliphatic heterocycles. The third kappa shape index (κ3) is 6.07. The quantitative estimate of drug-likeness (QED) is 0.341. The van der Waals surface area contributed by atoms with Gasteiger partial charge in [0.1, 0.15) is 17.3 Å². The zero-order chi connectivity index (χ0) is 26.5. The van der Waals surface area contributed by atoms with Crippen LogP contribution in [0.3, 0.4) is 0 Å². The van der Waals surface area contributed by atoms with Gasteiger partial charge in [-0.15, -0.1) is 0 Å². The number of carbonyl (C=O) groups is 1. The molecule has 38 heavy (non-hydrogen) atoms. The Morgan fingerprint density at radius 1 is 1.13 bits per heavy atom. The first-order valence-electron chi connectivity index (χ1n) is 12.5. The largest absolute Gasteiger partial charge is 0.507 e. The van der Waals surface area contributed by atoms with Crippen molar-refractivity contribution in [2.24, 2.45) is 5.92 Å². The Hall–Kier alpha value is -4.08. The highest BCUT2D eigenvalue weighted by Crippen LogP contribution is 2.32. The number of phenolic OH excluding ortho intramolecular Hbond substituents is 1. The van der Waals surface area contributed by atoms with Crippen LogP contribution >= 0.6 is 0 Å². The first-order valence-corrected chi connectivity index (χ1v) is 12.5. The smallest absolute Gasteiger partial charge is 0.255 e. The third-order valence-electron chi connectivity index (χ3n) is 6.35. The highest BCUT2D eigenvalue weighted by molar-refractivity contribution is 5.96. The standard InChI is InChI=1S/C29H29FN4O4/c1-19(16-32-29(36)24-4-2-3-5-26(24)35)14-23-15-21(10-11-31-23)25-17-34(18-27-37-12-13-38-27)33-28(25)20-6-8-22(30)9-7-20/h2-11,15,17,19,27,35H,12-14,16,18H2,1H3,(H,32,36). The van der Waals surface area contributed by atoms with Gasteiger partial charge in [0.05, 0.1) is 25.3 Å². The van der Waals surface area contributed by atoms with Crippen LogP contribution in [0.25, 0.3) is 22.4 Å². The molecule has 0 radical (unpaired) electrons. The minimum Gasteiger partial charge on any atom is -0.507 e. The van der Waals surface area contributed by atoms with Crippen LogP contribution in [0, 0.1) is 11.7 Å². The second-order valence-electron chi connectivity index (χ2n) is 9.36. The topological polar surface area (TPSA) is 98.5 Å². The number of amides is 1. The van der Waals surface area contributed by atoms with Crippen molar-refractivity contribution in [1.29, 1.82) is 0 Å². The molecule has 0 bridgehead atoms. The molecular weight excluding hydrogens is 487 g/mol. The number of halogens is 1. The van der Waals surface area contributed by atoms with E-state index in [9.17, 15) is 14.3 Å². The van der Waals surface area contributed by atoms with Gasteiger partial charge < -0.3 is 19.9 Å². The molecule has 0 aliphatic carbocycles. The summed E-state index contributed by atoms with van der Waals surface area (Å²) >= 11 is 0. The molecule has 3 heterocycles. The summed E-state index contributed by atoms with van der Waals surface area (Å²) in [6.45, 7) is 4.02. The van der Waals surface area contributed by atoms with Gasteiger partial charge in [-0.3, -0.25) is 14.5 Å². The van der Waals surface area contributed by atoms with E-state index in [0.717, 1.165) is 28.1 Å². The van der Waals surface area contributed by atoms with E-state index in [-0.39, 0.29) is 35.2 Å². The molecule has 8 nitrogen and oxygen atoms in total. The summed E-state index contributed by atoms with van der Waals surface area (Å²) in [5.41, 5.74) is 4.46. The van der Waals surface area contributed by atoms with E-state index >= 15 is 0 Å². The number of aromatic nitrogens is 3. The number of hydrogen-bond donors (Lipinski definition) is 2. The molecule has 2 aromatic heterocycles. The van der Waals surface area contributed by atoms with Crippen molar-refractivity contribution in [3.63, 3.8) is 0 Å². The zero-order valence-electron chi connectivity index (χ0n) is 21.0. The van der Waals surface area contributed by atoms with Crippen molar-refractivity contribution in [3.8, 4) is 28.1 Å². The summed E-state index contributed by atoms with van der Waals surface area (Å²) in [7, 11) is 0. The highest BCUT2D eigenvalue weighted by Gasteiger charge is 2.20. The van der Waals surface area contributed by atoms with Crippen LogP contribution in [0.2, 0.25) is 0 Å². The van der Waals surface area contributed by atoms with E-state index in [4.69, 9.17) is 14.6 Å². The average molecular weight is 517 g/mol. The fourth-order valence-electron chi connectivity index (χ4n) is 4.43. The summed E-state index contributed by atoms with van der Waals surface area (Å²) in [5, 5.41) is 17.6. The van der Waals surface area contributed by atoms with Crippen LogP contribution in [0.15, 0.2) is 73.1 Å². The van der Waals surface area contributed by atoms with Crippen molar-refractivity contribution in [2.45, 2.75) is 26.2 Å². The molecular formula is C29H29FN4O4. The molecule has 2 N–H and O–H groups in total. The minimum absolute atomic E-state index is 0.0458. The molecule has 1 amide bonds. The predicted molar refractivity (Wildman–Crippen MR) is 140 cm³/mol. The van der Waals surface area contributed by atoms with Gasteiger partial charge in [-0.05, 0) is 66.4 Å². The predicted octanol–water partition coefficient (Wildman–Crippen LogP) is 4.44. The van der Waals surface area contributed by atoms with E-state index in [2.05, 4.69) is 10.3 Å². The molecule has 1 atom stereocenters. The van der Waals surface area contributed by atoms with Crippen molar-refractivity contribution < 1.29 is 23.8 Å². The lowest BCUT2D eigenvalue weighted by atomic mass is 9.99. The van der Waals surface area contributed by atoms with Gasteiger partial charge in [-0.25, -0.2) is 4.39 Å². The van der Waals surface area contributed by atoms with E-state index in [1.165, 1.54) is 18.2 Å². The molecule has 2 aromatic carbocycles. The third-order valence-corrected chi connectivity index (χ3v) is 6.35. The van der Waals surface area contributed by atoms with E-state index in [1.54, 1.807) is 41.2 Å². The second-order valence-corrected chi connectivity index (χ2v) is 9.36. The molecule has 4 aromatic rings. The molecule has 0 saturated carbocycles. The van der Waals surface area contributed by atoms with Gasteiger partial charge in [-0.2, -0.15) is 5.10 Å². The number of nitrogens with one attached hydrogen (secondary N) is 1. The van der Waals surface area contributed by atoms with Crippen molar-refractivity contribution in [2.75, 3.05) is 19.8 Å². The number of phenols is 1. The van der Waals surface area contributed by atoms with Crippen LogP contribution in [0.5, 0.6) is 5.75 Å². The van der Waals surface area contributed by atoms with Gasteiger partial charge in [0.15, 0.2) is 6.29 Å². The average Bonchev–Trinajstić information content (AvgIpc) is 3.59. The number of benzene rings is 2.